The molecule has 0 aliphatic rings. The molecular weight excluding hydrogens is 348 g/mol. The Morgan fingerprint density at radius 1 is 0.963 bits per heavy atom. The Morgan fingerprint density at radius 3 is 2.44 bits per heavy atom. The number of aromatic nitrogens is 1. The maximum absolute atomic E-state index is 13.6. The SMILES string of the molecule is O=C(NCc1ccccc1F)c1ccc(NCCc2ccc(F)cc2)nc1. The molecule has 3 rings (SSSR count). The number of hydrogen-bond acceptors (Lipinski definition) is 3. The van der Waals surface area contributed by atoms with Crippen LogP contribution in [0.25, 0.3) is 0 Å². The molecule has 0 saturated heterocycles. The number of halogens is 2. The average molecular weight is 367 g/mol. The molecule has 3 aromatic rings. The first-order chi connectivity index (χ1) is 13.1. The number of carbonyl (C=O) groups excluding carboxylic acids is 1. The summed E-state index contributed by atoms with van der Waals surface area (Å²) < 4.78 is 26.4. The number of rotatable bonds is 7. The van der Waals surface area contributed by atoms with Gasteiger partial charge in [-0.15, -0.1) is 0 Å². The lowest BCUT2D eigenvalue weighted by atomic mass is 10.1. The second-order valence-electron chi connectivity index (χ2n) is 6.01. The van der Waals surface area contributed by atoms with Crippen LogP contribution in [0, 0.1) is 11.6 Å². The zero-order valence-corrected chi connectivity index (χ0v) is 14.6. The van der Waals surface area contributed by atoms with Gasteiger partial charge < -0.3 is 10.6 Å². The fourth-order valence-corrected chi connectivity index (χ4v) is 2.54. The molecule has 2 aromatic carbocycles. The normalized spacial score (nSPS) is 10.4. The minimum atomic E-state index is -0.350. The summed E-state index contributed by atoms with van der Waals surface area (Å²) in [5.41, 5.74) is 1.85. The van der Waals surface area contributed by atoms with Gasteiger partial charge in [0.15, 0.2) is 0 Å². The third kappa shape index (κ3) is 5.34. The fraction of sp³-hybridized carbons (Fsp3) is 0.143. The highest BCUT2D eigenvalue weighted by molar-refractivity contribution is 5.94. The standard InChI is InChI=1S/C21H19F2N3O/c22-18-8-5-15(6-9-18)11-12-24-20-10-7-17(14-25-20)21(27)26-13-16-3-1-2-4-19(16)23/h1-10,14H,11-13H2,(H,24,25)(H,26,27). The van der Waals surface area contributed by atoms with E-state index in [2.05, 4.69) is 15.6 Å². The Balaban J connectivity index is 1.48. The quantitative estimate of drug-likeness (QED) is 0.665. The summed E-state index contributed by atoms with van der Waals surface area (Å²) in [6, 6.07) is 16.0. The van der Waals surface area contributed by atoms with Crippen LogP contribution in [0.3, 0.4) is 0 Å². The molecule has 1 amide bonds. The van der Waals surface area contributed by atoms with Gasteiger partial charge in [0, 0.05) is 24.8 Å². The lowest BCUT2D eigenvalue weighted by Crippen LogP contribution is -2.23. The molecule has 27 heavy (non-hydrogen) atoms. The highest BCUT2D eigenvalue weighted by Crippen LogP contribution is 2.09. The molecule has 2 N–H and O–H groups in total. The smallest absolute Gasteiger partial charge is 0.253 e. The van der Waals surface area contributed by atoms with Gasteiger partial charge in [0.2, 0.25) is 0 Å². The molecular formula is C21H19F2N3O. The molecule has 0 unspecified atom stereocenters. The van der Waals surface area contributed by atoms with E-state index in [1.54, 1.807) is 42.5 Å². The number of nitrogens with one attached hydrogen (secondary N) is 2. The second kappa shape index (κ2) is 8.89. The number of hydrogen-bond donors (Lipinski definition) is 2. The van der Waals surface area contributed by atoms with Gasteiger partial charge in [-0.1, -0.05) is 30.3 Å². The molecule has 138 valence electrons. The largest absolute Gasteiger partial charge is 0.370 e. The summed E-state index contributed by atoms with van der Waals surface area (Å²) in [6.45, 7) is 0.751. The fourth-order valence-electron chi connectivity index (χ4n) is 2.54. The minimum absolute atomic E-state index is 0.114. The lowest BCUT2D eigenvalue weighted by molar-refractivity contribution is 0.0950. The molecule has 1 heterocycles. The first-order valence-electron chi connectivity index (χ1n) is 8.58. The highest BCUT2D eigenvalue weighted by Gasteiger charge is 2.08. The van der Waals surface area contributed by atoms with Gasteiger partial charge in [-0.2, -0.15) is 0 Å². The molecule has 0 atom stereocenters. The van der Waals surface area contributed by atoms with E-state index in [4.69, 9.17) is 0 Å². The maximum atomic E-state index is 13.6. The third-order valence-corrected chi connectivity index (χ3v) is 4.06. The Labute approximate surface area is 156 Å². The van der Waals surface area contributed by atoms with Crippen LogP contribution >= 0.6 is 0 Å². The number of amides is 1. The van der Waals surface area contributed by atoms with Gasteiger partial charge in [-0.25, -0.2) is 13.8 Å². The topological polar surface area (TPSA) is 54.0 Å². The summed E-state index contributed by atoms with van der Waals surface area (Å²) in [7, 11) is 0. The van der Waals surface area contributed by atoms with E-state index in [9.17, 15) is 13.6 Å². The van der Waals surface area contributed by atoms with E-state index in [1.165, 1.54) is 24.4 Å². The zero-order valence-electron chi connectivity index (χ0n) is 14.6. The summed E-state index contributed by atoms with van der Waals surface area (Å²) in [5, 5.41) is 5.83. The number of pyridine rings is 1. The highest BCUT2D eigenvalue weighted by atomic mass is 19.1. The van der Waals surface area contributed by atoms with Gasteiger partial charge in [0.25, 0.3) is 5.91 Å². The number of carbonyl (C=O) groups is 1. The number of nitrogens with zero attached hydrogens (tertiary/aromatic N) is 1. The van der Waals surface area contributed by atoms with Crippen molar-refractivity contribution in [1.29, 1.82) is 0 Å². The Kier molecular flexibility index (Phi) is 6.10. The van der Waals surface area contributed by atoms with Crippen molar-refractivity contribution in [2.45, 2.75) is 13.0 Å². The van der Waals surface area contributed by atoms with E-state index in [0.29, 0.717) is 23.5 Å². The van der Waals surface area contributed by atoms with Crippen LogP contribution in [0.1, 0.15) is 21.5 Å². The first-order valence-corrected chi connectivity index (χ1v) is 8.58. The van der Waals surface area contributed by atoms with Crippen molar-refractivity contribution < 1.29 is 13.6 Å². The third-order valence-electron chi connectivity index (χ3n) is 4.06. The molecule has 0 aliphatic heterocycles. The van der Waals surface area contributed by atoms with E-state index in [1.807, 2.05) is 0 Å². The van der Waals surface area contributed by atoms with Gasteiger partial charge in [-0.3, -0.25) is 4.79 Å². The summed E-state index contributed by atoms with van der Waals surface area (Å²) in [6.07, 6.45) is 2.20. The first kappa shape index (κ1) is 18.5. The van der Waals surface area contributed by atoms with E-state index in [0.717, 1.165) is 12.0 Å². The van der Waals surface area contributed by atoms with Crippen LogP contribution in [-0.4, -0.2) is 17.4 Å². The Morgan fingerprint density at radius 2 is 1.74 bits per heavy atom. The molecule has 0 bridgehead atoms. The van der Waals surface area contributed by atoms with Crippen molar-refractivity contribution in [3.05, 3.63) is 95.2 Å². The van der Waals surface area contributed by atoms with Crippen LogP contribution < -0.4 is 10.6 Å². The van der Waals surface area contributed by atoms with Crippen molar-refractivity contribution in [1.82, 2.24) is 10.3 Å². The van der Waals surface area contributed by atoms with Crippen LogP contribution in [0.5, 0.6) is 0 Å². The minimum Gasteiger partial charge on any atom is -0.370 e. The molecule has 6 heteroatoms. The van der Waals surface area contributed by atoms with Crippen molar-refractivity contribution in [2.24, 2.45) is 0 Å². The molecule has 1 aromatic heterocycles. The second-order valence-corrected chi connectivity index (χ2v) is 6.01. The molecule has 0 fully saturated rings. The predicted molar refractivity (Wildman–Crippen MR) is 100 cm³/mol. The summed E-state index contributed by atoms with van der Waals surface area (Å²) >= 11 is 0. The molecule has 4 nitrogen and oxygen atoms in total. The Hall–Kier alpha value is -3.28. The van der Waals surface area contributed by atoms with Crippen LogP contribution in [0.2, 0.25) is 0 Å². The van der Waals surface area contributed by atoms with Gasteiger partial charge >= 0.3 is 0 Å². The van der Waals surface area contributed by atoms with E-state index in [-0.39, 0.29) is 24.1 Å². The van der Waals surface area contributed by atoms with E-state index >= 15 is 0 Å². The van der Waals surface area contributed by atoms with Crippen LogP contribution in [0.15, 0.2) is 66.9 Å². The molecule has 0 spiro atoms. The van der Waals surface area contributed by atoms with Crippen molar-refractivity contribution in [3.8, 4) is 0 Å². The van der Waals surface area contributed by atoms with Crippen molar-refractivity contribution >= 4 is 11.7 Å². The summed E-state index contributed by atoms with van der Waals surface area (Å²) in [4.78, 5) is 16.4. The number of benzene rings is 2. The number of anilines is 1. The van der Waals surface area contributed by atoms with E-state index < -0.39 is 0 Å². The summed E-state index contributed by atoms with van der Waals surface area (Å²) in [5.74, 6) is -0.278. The van der Waals surface area contributed by atoms with Crippen molar-refractivity contribution in [2.75, 3.05) is 11.9 Å². The van der Waals surface area contributed by atoms with Crippen LogP contribution in [-0.2, 0) is 13.0 Å². The van der Waals surface area contributed by atoms with Gasteiger partial charge in [0.1, 0.15) is 17.5 Å². The molecule has 0 aliphatic carbocycles. The molecule has 0 saturated carbocycles. The maximum Gasteiger partial charge on any atom is 0.253 e. The van der Waals surface area contributed by atoms with Crippen LogP contribution in [0.4, 0.5) is 14.6 Å². The average Bonchev–Trinajstić information content (AvgIpc) is 2.69. The Bertz CT molecular complexity index is 896. The zero-order chi connectivity index (χ0) is 19.1. The molecule has 0 radical (unpaired) electrons. The van der Waals surface area contributed by atoms with Gasteiger partial charge in [0.05, 0.1) is 5.56 Å². The van der Waals surface area contributed by atoms with Crippen molar-refractivity contribution in [3.63, 3.8) is 0 Å². The predicted octanol–water partition coefficient (Wildman–Crippen LogP) is 3.94. The van der Waals surface area contributed by atoms with Gasteiger partial charge in [-0.05, 0) is 42.3 Å². The lowest BCUT2D eigenvalue weighted by Gasteiger charge is -2.08. The monoisotopic (exact) mass is 367 g/mol.